The van der Waals surface area contributed by atoms with Crippen LogP contribution in [0.1, 0.15) is 42.5 Å². The molecule has 23 heavy (non-hydrogen) atoms. The molecule has 3 rings (SSSR count). The van der Waals surface area contributed by atoms with Gasteiger partial charge in [-0.25, -0.2) is 0 Å². The van der Waals surface area contributed by atoms with Gasteiger partial charge in [0.2, 0.25) is 0 Å². The average molecular weight is 378 g/mol. The van der Waals surface area contributed by atoms with E-state index in [9.17, 15) is 4.79 Å². The number of hydrogen-bond donors (Lipinski definition) is 0. The maximum absolute atomic E-state index is 12.5. The zero-order valence-electron chi connectivity index (χ0n) is 13.1. The quantitative estimate of drug-likeness (QED) is 0.779. The van der Waals surface area contributed by atoms with Crippen molar-refractivity contribution >= 4 is 21.8 Å². The molecule has 1 saturated heterocycles. The lowest BCUT2D eigenvalue weighted by molar-refractivity contribution is 0.0599. The predicted octanol–water partition coefficient (Wildman–Crippen LogP) is 4.64. The minimum atomic E-state index is -0.0238. The first-order chi connectivity index (χ1) is 11.1. The molecule has 1 atom stereocenters. The van der Waals surface area contributed by atoms with Crippen molar-refractivity contribution in [1.82, 2.24) is 4.90 Å². The van der Waals surface area contributed by atoms with Crippen molar-refractivity contribution in [1.29, 1.82) is 0 Å². The number of benzene rings is 1. The van der Waals surface area contributed by atoms with Crippen LogP contribution in [0.2, 0.25) is 0 Å². The van der Waals surface area contributed by atoms with Gasteiger partial charge >= 0.3 is 0 Å². The Bertz CT molecular complexity index is 682. The zero-order chi connectivity index (χ0) is 16.2. The Hall–Kier alpha value is -1.75. The second-order valence-electron chi connectivity index (χ2n) is 5.83. The third-order valence-electron chi connectivity index (χ3n) is 4.14. The number of rotatable bonds is 4. The van der Waals surface area contributed by atoms with Gasteiger partial charge in [0.15, 0.2) is 5.76 Å². The number of carbonyl (C=O) groups excluding carboxylic acids is 1. The van der Waals surface area contributed by atoms with Crippen LogP contribution in [0.4, 0.5) is 0 Å². The third kappa shape index (κ3) is 3.78. The number of halogens is 1. The molecule has 0 saturated carbocycles. The summed E-state index contributed by atoms with van der Waals surface area (Å²) in [6.45, 7) is 3.20. The molecule has 0 radical (unpaired) electrons. The number of para-hydroxylation sites is 1. The molecule has 1 aromatic carbocycles. The van der Waals surface area contributed by atoms with Gasteiger partial charge in [-0.05, 0) is 66.4 Å². The van der Waals surface area contributed by atoms with E-state index in [1.807, 2.05) is 29.2 Å². The molecule has 0 aliphatic carbocycles. The highest BCUT2D eigenvalue weighted by molar-refractivity contribution is 9.10. The maximum atomic E-state index is 12.5. The second kappa shape index (κ2) is 7.21. The van der Waals surface area contributed by atoms with E-state index in [0.717, 1.165) is 29.6 Å². The summed E-state index contributed by atoms with van der Waals surface area (Å²) in [7, 11) is 0. The highest BCUT2D eigenvalue weighted by atomic mass is 79.9. The first-order valence-electron chi connectivity index (χ1n) is 7.92. The summed E-state index contributed by atoms with van der Waals surface area (Å²) >= 11 is 3.44. The molecule has 2 aromatic rings. The van der Waals surface area contributed by atoms with Gasteiger partial charge < -0.3 is 14.1 Å². The minimum absolute atomic E-state index is 0.0238. The monoisotopic (exact) mass is 377 g/mol. The van der Waals surface area contributed by atoms with Crippen molar-refractivity contribution in [2.24, 2.45) is 0 Å². The SMILES string of the molecule is CC1CCCCN1C(=O)c1ccc(COc2ccccc2Br)o1. The number of furan rings is 1. The van der Waals surface area contributed by atoms with Crippen LogP contribution in [-0.2, 0) is 6.61 Å². The van der Waals surface area contributed by atoms with E-state index < -0.39 is 0 Å². The number of nitrogens with zero attached hydrogens (tertiary/aromatic N) is 1. The topological polar surface area (TPSA) is 42.7 Å². The Morgan fingerprint density at radius 1 is 1.30 bits per heavy atom. The molecule has 122 valence electrons. The van der Waals surface area contributed by atoms with Crippen LogP contribution >= 0.6 is 15.9 Å². The normalized spacial score (nSPS) is 18.0. The fourth-order valence-electron chi connectivity index (χ4n) is 2.82. The van der Waals surface area contributed by atoms with Crippen LogP contribution in [0.5, 0.6) is 5.75 Å². The Labute approximate surface area is 144 Å². The molecule has 4 nitrogen and oxygen atoms in total. The fraction of sp³-hybridized carbons (Fsp3) is 0.389. The van der Waals surface area contributed by atoms with E-state index in [1.165, 1.54) is 6.42 Å². The van der Waals surface area contributed by atoms with Crippen molar-refractivity contribution in [3.8, 4) is 5.75 Å². The predicted molar refractivity (Wildman–Crippen MR) is 91.5 cm³/mol. The van der Waals surface area contributed by atoms with Gasteiger partial charge in [-0.1, -0.05) is 12.1 Å². The number of carbonyl (C=O) groups is 1. The molecular weight excluding hydrogens is 358 g/mol. The number of likely N-dealkylation sites (tertiary alicyclic amines) is 1. The Morgan fingerprint density at radius 2 is 2.13 bits per heavy atom. The van der Waals surface area contributed by atoms with Gasteiger partial charge in [0.1, 0.15) is 18.1 Å². The standard InChI is InChI=1S/C18H20BrNO3/c1-13-6-4-5-11-20(13)18(21)17-10-9-14(23-17)12-22-16-8-3-2-7-15(16)19/h2-3,7-10,13H,4-6,11-12H2,1H3. The van der Waals surface area contributed by atoms with E-state index in [0.29, 0.717) is 18.1 Å². The number of amides is 1. The highest BCUT2D eigenvalue weighted by Gasteiger charge is 2.26. The van der Waals surface area contributed by atoms with Crippen molar-refractivity contribution in [2.75, 3.05) is 6.54 Å². The molecule has 1 fully saturated rings. The number of piperidine rings is 1. The summed E-state index contributed by atoms with van der Waals surface area (Å²) in [6.07, 6.45) is 3.31. The second-order valence-corrected chi connectivity index (χ2v) is 6.68. The number of hydrogen-bond acceptors (Lipinski definition) is 3. The van der Waals surface area contributed by atoms with E-state index in [1.54, 1.807) is 12.1 Å². The molecule has 1 aliphatic rings. The van der Waals surface area contributed by atoms with Crippen molar-refractivity contribution < 1.29 is 13.9 Å². The largest absolute Gasteiger partial charge is 0.484 e. The Kier molecular flexibility index (Phi) is 5.06. The van der Waals surface area contributed by atoms with Crippen LogP contribution in [-0.4, -0.2) is 23.4 Å². The molecule has 5 heteroatoms. The Balaban J connectivity index is 1.63. The molecule has 0 spiro atoms. The third-order valence-corrected chi connectivity index (χ3v) is 4.80. The van der Waals surface area contributed by atoms with Crippen LogP contribution in [0.15, 0.2) is 45.3 Å². The van der Waals surface area contributed by atoms with Crippen LogP contribution < -0.4 is 4.74 Å². The molecule has 1 unspecified atom stereocenters. The van der Waals surface area contributed by atoms with Crippen molar-refractivity contribution in [2.45, 2.75) is 38.8 Å². The van der Waals surface area contributed by atoms with Crippen LogP contribution in [0.3, 0.4) is 0 Å². The molecular formula is C18H20BrNO3. The number of ether oxygens (including phenoxy) is 1. The first kappa shape index (κ1) is 16.1. The smallest absolute Gasteiger partial charge is 0.289 e. The Morgan fingerprint density at radius 3 is 2.91 bits per heavy atom. The van der Waals surface area contributed by atoms with E-state index >= 15 is 0 Å². The van der Waals surface area contributed by atoms with Crippen molar-refractivity contribution in [3.63, 3.8) is 0 Å². The summed E-state index contributed by atoms with van der Waals surface area (Å²) in [6, 6.07) is 11.5. The van der Waals surface area contributed by atoms with Gasteiger partial charge in [-0.3, -0.25) is 4.79 Å². The van der Waals surface area contributed by atoms with Gasteiger partial charge in [0.05, 0.1) is 4.47 Å². The molecule has 0 bridgehead atoms. The van der Waals surface area contributed by atoms with Gasteiger partial charge in [-0.2, -0.15) is 0 Å². The van der Waals surface area contributed by atoms with Crippen LogP contribution in [0, 0.1) is 0 Å². The van der Waals surface area contributed by atoms with E-state index in [2.05, 4.69) is 22.9 Å². The highest BCUT2D eigenvalue weighted by Crippen LogP contribution is 2.25. The molecule has 1 aliphatic heterocycles. The average Bonchev–Trinajstić information content (AvgIpc) is 3.03. The zero-order valence-corrected chi connectivity index (χ0v) is 14.7. The first-order valence-corrected chi connectivity index (χ1v) is 8.71. The van der Waals surface area contributed by atoms with Gasteiger partial charge in [0.25, 0.3) is 5.91 Å². The lowest BCUT2D eigenvalue weighted by Gasteiger charge is -2.32. The summed E-state index contributed by atoms with van der Waals surface area (Å²) < 4.78 is 12.3. The molecule has 0 N–H and O–H groups in total. The minimum Gasteiger partial charge on any atom is -0.484 e. The molecule has 2 heterocycles. The molecule has 1 amide bonds. The summed E-state index contributed by atoms with van der Waals surface area (Å²) in [5.41, 5.74) is 0. The van der Waals surface area contributed by atoms with Crippen molar-refractivity contribution in [3.05, 3.63) is 52.4 Å². The van der Waals surface area contributed by atoms with Crippen LogP contribution in [0.25, 0.3) is 0 Å². The molecule has 1 aromatic heterocycles. The maximum Gasteiger partial charge on any atom is 0.289 e. The lowest BCUT2D eigenvalue weighted by atomic mass is 10.0. The summed E-state index contributed by atoms with van der Waals surface area (Å²) in [5.74, 6) is 1.77. The van der Waals surface area contributed by atoms with Gasteiger partial charge in [-0.15, -0.1) is 0 Å². The summed E-state index contributed by atoms with van der Waals surface area (Å²) in [4.78, 5) is 14.4. The summed E-state index contributed by atoms with van der Waals surface area (Å²) in [5, 5.41) is 0. The van der Waals surface area contributed by atoms with E-state index in [4.69, 9.17) is 9.15 Å². The van der Waals surface area contributed by atoms with E-state index in [-0.39, 0.29) is 11.9 Å². The fourth-order valence-corrected chi connectivity index (χ4v) is 3.22. The van der Waals surface area contributed by atoms with Gasteiger partial charge in [0, 0.05) is 12.6 Å². The lowest BCUT2D eigenvalue weighted by Crippen LogP contribution is -2.41.